The van der Waals surface area contributed by atoms with Crippen LogP contribution in [0, 0.1) is 0 Å². The maximum absolute atomic E-state index is 13.1. The van der Waals surface area contributed by atoms with Gasteiger partial charge in [-0.3, -0.25) is 4.79 Å². The van der Waals surface area contributed by atoms with Gasteiger partial charge in [-0.05, 0) is 31.6 Å². The molecule has 35 heavy (non-hydrogen) atoms. The third-order valence-electron chi connectivity index (χ3n) is 6.88. The van der Waals surface area contributed by atoms with Crippen molar-refractivity contribution in [3.8, 4) is 0 Å². The van der Waals surface area contributed by atoms with Gasteiger partial charge in [0.05, 0.1) is 23.5 Å². The summed E-state index contributed by atoms with van der Waals surface area (Å²) in [5, 5.41) is 3.64. The molecule has 0 aliphatic carbocycles. The molecule has 1 N–H and O–H groups in total. The monoisotopic (exact) mass is 473 g/mol. The van der Waals surface area contributed by atoms with Crippen molar-refractivity contribution in [2.45, 2.75) is 51.8 Å². The number of carbonyl (C=O) groups excluding carboxylic acids is 3. The Morgan fingerprint density at radius 2 is 2.09 bits per heavy atom. The van der Waals surface area contributed by atoms with Crippen LogP contribution in [-0.4, -0.2) is 46.0 Å². The summed E-state index contributed by atoms with van der Waals surface area (Å²) in [6.07, 6.45) is 2.28. The molecule has 0 saturated carbocycles. The van der Waals surface area contributed by atoms with E-state index in [-0.39, 0.29) is 25.4 Å². The third-order valence-corrected chi connectivity index (χ3v) is 6.88. The lowest BCUT2D eigenvalue weighted by atomic mass is 9.81. The second-order valence-corrected chi connectivity index (χ2v) is 8.96. The van der Waals surface area contributed by atoms with Gasteiger partial charge in [0.2, 0.25) is 11.5 Å². The van der Waals surface area contributed by atoms with Crippen LogP contribution in [0.15, 0.2) is 59.8 Å². The zero-order valence-electron chi connectivity index (χ0n) is 20.0. The minimum atomic E-state index is -1.64. The first-order valence-corrected chi connectivity index (χ1v) is 11.8. The number of nitrogens with one attached hydrogen (secondary N) is 1. The molecule has 3 aliphatic rings. The van der Waals surface area contributed by atoms with Crippen LogP contribution in [0.25, 0.3) is 16.6 Å². The summed E-state index contributed by atoms with van der Waals surface area (Å²) >= 11 is 0. The van der Waals surface area contributed by atoms with E-state index in [9.17, 15) is 14.4 Å². The highest BCUT2D eigenvalue weighted by Gasteiger charge is 2.52. The lowest BCUT2D eigenvalue weighted by molar-refractivity contribution is -0.181. The molecule has 0 bridgehead atoms. The summed E-state index contributed by atoms with van der Waals surface area (Å²) in [6, 6.07) is 9.12. The van der Waals surface area contributed by atoms with E-state index < -0.39 is 23.6 Å². The number of fused-ring (bicyclic) bond motifs is 4. The normalized spacial score (nSPS) is 21.6. The molecule has 1 aromatic heterocycles. The zero-order chi connectivity index (χ0) is 24.9. The van der Waals surface area contributed by atoms with E-state index in [1.165, 1.54) is 6.92 Å². The summed E-state index contributed by atoms with van der Waals surface area (Å²) in [5.41, 5.74) is 3.86. The number of nitrogens with zero attached hydrogens (tertiary/aromatic N) is 2. The first kappa shape index (κ1) is 22.8. The highest BCUT2D eigenvalue weighted by molar-refractivity contribution is 5.94. The average Bonchev–Trinajstić information content (AvgIpc) is 3.22. The predicted octanol–water partition coefficient (Wildman–Crippen LogP) is 3.38. The smallest absolute Gasteiger partial charge is 0.355 e. The highest BCUT2D eigenvalue weighted by atomic mass is 16.6. The van der Waals surface area contributed by atoms with Crippen LogP contribution in [-0.2, 0) is 30.4 Å². The molecule has 0 radical (unpaired) electrons. The molecule has 2 aromatic rings. The summed E-state index contributed by atoms with van der Waals surface area (Å²) in [6.45, 7) is 9.93. The molecule has 4 heterocycles. The van der Waals surface area contributed by atoms with Gasteiger partial charge in [-0.15, -0.1) is 0 Å². The Morgan fingerprint density at radius 3 is 2.83 bits per heavy atom. The van der Waals surface area contributed by atoms with Crippen LogP contribution >= 0.6 is 0 Å². The van der Waals surface area contributed by atoms with E-state index >= 15 is 0 Å². The third kappa shape index (κ3) is 3.51. The largest absolute Gasteiger partial charge is 0.457 e. The van der Waals surface area contributed by atoms with E-state index in [1.807, 2.05) is 30.3 Å². The van der Waals surface area contributed by atoms with E-state index in [0.29, 0.717) is 23.4 Å². The van der Waals surface area contributed by atoms with Crippen LogP contribution in [0.1, 0.15) is 44.9 Å². The van der Waals surface area contributed by atoms with Gasteiger partial charge in [0.15, 0.2) is 0 Å². The van der Waals surface area contributed by atoms with Crippen molar-refractivity contribution in [1.82, 2.24) is 15.2 Å². The number of hydrogen-bond donors (Lipinski definition) is 1. The minimum absolute atomic E-state index is 0.0421. The van der Waals surface area contributed by atoms with Gasteiger partial charge in [-0.25, -0.2) is 14.6 Å². The van der Waals surface area contributed by atoms with Gasteiger partial charge in [-0.1, -0.05) is 38.6 Å². The van der Waals surface area contributed by atoms with Gasteiger partial charge >= 0.3 is 11.9 Å². The SMILES string of the molecule is C=C1C2=C(C=C3c4nc5ccccc5cc4CN13)[C@](CC)(OC(=O)C(C)NC(=O)CC)C(=O)OC2. The van der Waals surface area contributed by atoms with E-state index in [1.54, 1.807) is 13.8 Å². The fourth-order valence-electron chi connectivity index (χ4n) is 4.87. The minimum Gasteiger partial charge on any atom is -0.457 e. The van der Waals surface area contributed by atoms with Crippen LogP contribution < -0.4 is 5.32 Å². The Hall–Kier alpha value is -3.94. The number of hydrogen-bond acceptors (Lipinski definition) is 7. The fourth-order valence-corrected chi connectivity index (χ4v) is 4.87. The molecule has 0 spiro atoms. The fraction of sp³-hybridized carbons (Fsp3) is 0.333. The molecular weight excluding hydrogens is 446 g/mol. The van der Waals surface area contributed by atoms with Crippen molar-refractivity contribution in [1.29, 1.82) is 0 Å². The lowest BCUT2D eigenvalue weighted by Crippen LogP contribution is -2.53. The number of esters is 2. The Balaban J connectivity index is 1.58. The summed E-state index contributed by atoms with van der Waals surface area (Å²) in [5.74, 6) is -1.62. The van der Waals surface area contributed by atoms with Gasteiger partial charge in [0.25, 0.3) is 0 Å². The van der Waals surface area contributed by atoms with Gasteiger partial charge in [-0.2, -0.15) is 0 Å². The highest BCUT2D eigenvalue weighted by Crippen LogP contribution is 2.47. The standard InChI is InChI=1S/C27H27N3O5/c1-5-23(31)28-15(3)25(32)35-27(6-2)20-12-22-24-18(11-17-9-7-8-10-21(17)29-24)13-30(22)16(4)19(20)14-34-26(27)33/h7-12,15H,4-6,13-14H2,1-3H3,(H,28,31)/t15?,27-/m0/s1. The first-order chi connectivity index (χ1) is 16.8. The maximum Gasteiger partial charge on any atom is 0.355 e. The van der Waals surface area contributed by atoms with Crippen molar-refractivity contribution >= 4 is 34.4 Å². The second kappa shape index (κ2) is 8.37. The molecule has 1 unspecified atom stereocenters. The van der Waals surface area contributed by atoms with Crippen molar-refractivity contribution in [2.24, 2.45) is 0 Å². The van der Waals surface area contributed by atoms with E-state index in [2.05, 4.69) is 22.9 Å². The van der Waals surface area contributed by atoms with Crippen LogP contribution in [0.3, 0.4) is 0 Å². The molecule has 1 amide bonds. The Morgan fingerprint density at radius 1 is 1.31 bits per heavy atom. The summed E-state index contributed by atoms with van der Waals surface area (Å²) in [4.78, 5) is 44.8. The Kier molecular flexibility index (Phi) is 5.46. The number of ether oxygens (including phenoxy) is 2. The maximum atomic E-state index is 13.1. The van der Waals surface area contributed by atoms with Gasteiger partial charge in [0, 0.05) is 34.2 Å². The van der Waals surface area contributed by atoms with Crippen LogP contribution in [0.5, 0.6) is 0 Å². The molecule has 1 aromatic carbocycles. The van der Waals surface area contributed by atoms with Gasteiger partial charge in [0.1, 0.15) is 12.6 Å². The number of rotatable bonds is 5. The summed E-state index contributed by atoms with van der Waals surface area (Å²) in [7, 11) is 0. The summed E-state index contributed by atoms with van der Waals surface area (Å²) < 4.78 is 11.4. The number of carbonyl (C=O) groups is 3. The number of para-hydroxylation sites is 1. The van der Waals surface area contributed by atoms with Crippen molar-refractivity contribution in [3.05, 3.63) is 71.1 Å². The zero-order valence-corrected chi connectivity index (χ0v) is 20.0. The number of aromatic nitrogens is 1. The van der Waals surface area contributed by atoms with Crippen LogP contribution in [0.4, 0.5) is 0 Å². The number of cyclic esters (lactones) is 1. The number of amides is 1. The molecule has 3 aliphatic heterocycles. The van der Waals surface area contributed by atoms with Crippen LogP contribution in [0.2, 0.25) is 0 Å². The molecule has 5 rings (SSSR count). The van der Waals surface area contributed by atoms with Crippen molar-refractivity contribution in [3.63, 3.8) is 0 Å². The molecule has 2 atom stereocenters. The molecule has 0 saturated heterocycles. The predicted molar refractivity (Wildman–Crippen MR) is 129 cm³/mol. The van der Waals surface area contributed by atoms with Crippen molar-refractivity contribution in [2.75, 3.05) is 6.61 Å². The van der Waals surface area contributed by atoms with Crippen molar-refractivity contribution < 1.29 is 23.9 Å². The average molecular weight is 474 g/mol. The van der Waals surface area contributed by atoms with Gasteiger partial charge < -0.3 is 19.7 Å². The lowest BCUT2D eigenvalue weighted by Gasteiger charge is -2.41. The Bertz CT molecular complexity index is 1360. The molecule has 8 heteroatoms. The molecular formula is C27H27N3O5. The molecule has 180 valence electrons. The second-order valence-electron chi connectivity index (χ2n) is 8.96. The number of pyridine rings is 1. The molecule has 8 nitrogen and oxygen atoms in total. The quantitative estimate of drug-likeness (QED) is 0.665. The Labute approximate surface area is 203 Å². The van der Waals surface area contributed by atoms with E-state index in [0.717, 1.165) is 27.9 Å². The van der Waals surface area contributed by atoms with E-state index in [4.69, 9.17) is 14.5 Å². The topological polar surface area (TPSA) is 97.8 Å². The molecule has 0 fully saturated rings. The first-order valence-electron chi connectivity index (χ1n) is 11.8. The number of benzene rings is 1.